The number of carbonyl (C=O) groups is 1. The molecule has 11 heteroatoms. The fraction of sp³-hybridized carbons (Fsp3) is 0.435. The van der Waals surface area contributed by atoms with E-state index in [0.717, 1.165) is 47.3 Å². The molecule has 2 aliphatic rings. The topological polar surface area (TPSA) is 144 Å². The summed E-state index contributed by atoms with van der Waals surface area (Å²) < 4.78 is 37.7. The van der Waals surface area contributed by atoms with E-state index in [1.165, 1.54) is 0 Å². The van der Waals surface area contributed by atoms with E-state index in [1.807, 2.05) is 38.2 Å². The number of hydrogen-bond acceptors (Lipinski definition) is 8. The zero-order valence-electron chi connectivity index (χ0n) is 19.7. The average molecular weight is 491 g/mol. The molecule has 3 N–H and O–H groups in total. The van der Waals surface area contributed by atoms with Crippen LogP contribution in [0.1, 0.15) is 34.8 Å². The van der Waals surface area contributed by atoms with Crippen molar-refractivity contribution in [3.63, 3.8) is 0 Å². The summed E-state index contributed by atoms with van der Waals surface area (Å²) in [6.45, 7) is 3.40. The Bertz CT molecular complexity index is 1200. The van der Waals surface area contributed by atoms with Gasteiger partial charge in [0.25, 0.3) is 16.0 Å². The first-order valence-electron chi connectivity index (χ1n) is 10.8. The lowest BCUT2D eigenvalue weighted by atomic mass is 9.94. The van der Waals surface area contributed by atoms with Gasteiger partial charge in [0.05, 0.1) is 24.1 Å². The number of ether oxygens (including phenoxy) is 2. The van der Waals surface area contributed by atoms with Gasteiger partial charge < -0.3 is 20.1 Å². The number of carbonyl (C=O) groups excluding carboxylic acids is 1. The largest absolute Gasteiger partial charge is 0.489 e. The standard InChI is InChI=1S/C22H26N4O3.CH4O3S/c1-13(12-26(2)3)29-18-10-17(20-16(6-7-24-20)19(18)21(23)27)15-9-14-5-4-8-28-22(14)25-11-15;1-5(2,3)4/h7,9-11,13H,4-6,8,12H2,1-3H3,(H2,23,27);1H3,(H,2,3,4). The van der Waals surface area contributed by atoms with E-state index in [2.05, 4.69) is 16.0 Å². The number of primary amides is 1. The molecule has 3 heterocycles. The molecular weight excluding hydrogens is 460 g/mol. The van der Waals surface area contributed by atoms with Gasteiger partial charge in [0.1, 0.15) is 11.9 Å². The van der Waals surface area contributed by atoms with Gasteiger partial charge in [-0.2, -0.15) is 8.42 Å². The van der Waals surface area contributed by atoms with Gasteiger partial charge in [0.2, 0.25) is 5.88 Å². The summed E-state index contributed by atoms with van der Waals surface area (Å²) in [6, 6.07) is 3.97. The van der Waals surface area contributed by atoms with E-state index in [-0.39, 0.29) is 6.10 Å². The maximum atomic E-state index is 12.3. The quantitative estimate of drug-likeness (QED) is 0.587. The van der Waals surface area contributed by atoms with Gasteiger partial charge in [0, 0.05) is 47.6 Å². The molecule has 2 aromatic rings. The molecule has 4 rings (SSSR count). The fourth-order valence-corrected chi connectivity index (χ4v) is 4.01. The number of likely N-dealkylation sites (N-methyl/N-ethyl adjacent to an activating group) is 1. The van der Waals surface area contributed by atoms with Crippen LogP contribution in [0.15, 0.2) is 23.3 Å². The van der Waals surface area contributed by atoms with Gasteiger partial charge in [0.15, 0.2) is 0 Å². The van der Waals surface area contributed by atoms with Crippen molar-refractivity contribution in [2.45, 2.75) is 32.3 Å². The molecule has 0 saturated heterocycles. The molecule has 0 bridgehead atoms. The van der Waals surface area contributed by atoms with Crippen LogP contribution in [0.3, 0.4) is 0 Å². The van der Waals surface area contributed by atoms with E-state index in [1.54, 1.807) is 6.20 Å². The second-order valence-electron chi connectivity index (χ2n) is 8.57. The Morgan fingerprint density at radius 2 is 2.06 bits per heavy atom. The van der Waals surface area contributed by atoms with Crippen LogP contribution in [0.4, 0.5) is 5.69 Å². The third kappa shape index (κ3) is 6.52. The maximum Gasteiger partial charge on any atom is 0.261 e. The summed E-state index contributed by atoms with van der Waals surface area (Å²) >= 11 is 0. The lowest BCUT2D eigenvalue weighted by Gasteiger charge is -2.22. The summed E-state index contributed by atoms with van der Waals surface area (Å²) in [5.41, 5.74) is 10.7. The Morgan fingerprint density at radius 1 is 1.35 bits per heavy atom. The minimum absolute atomic E-state index is 0.105. The van der Waals surface area contributed by atoms with Crippen LogP contribution in [0.2, 0.25) is 0 Å². The molecule has 0 aliphatic carbocycles. The summed E-state index contributed by atoms with van der Waals surface area (Å²) in [6.07, 6.45) is 6.68. The van der Waals surface area contributed by atoms with Crippen LogP contribution in [0.25, 0.3) is 11.1 Å². The average Bonchev–Trinajstić information content (AvgIpc) is 3.20. The van der Waals surface area contributed by atoms with Gasteiger partial charge >= 0.3 is 0 Å². The number of nitrogens with zero attached hydrogens (tertiary/aromatic N) is 3. The number of amides is 1. The van der Waals surface area contributed by atoms with Crippen LogP contribution in [-0.4, -0.2) is 74.6 Å². The summed E-state index contributed by atoms with van der Waals surface area (Å²) in [4.78, 5) is 23.4. The third-order valence-electron chi connectivity index (χ3n) is 5.14. The van der Waals surface area contributed by atoms with E-state index < -0.39 is 16.0 Å². The van der Waals surface area contributed by atoms with Crippen molar-refractivity contribution in [2.75, 3.05) is 33.5 Å². The molecule has 1 aromatic heterocycles. The van der Waals surface area contributed by atoms with E-state index in [0.29, 0.717) is 36.5 Å². The number of aliphatic imine (C=N–C) groups is 1. The minimum Gasteiger partial charge on any atom is -0.489 e. The second-order valence-corrected chi connectivity index (χ2v) is 10.0. The highest BCUT2D eigenvalue weighted by molar-refractivity contribution is 7.85. The normalized spacial score (nSPS) is 15.0. The predicted octanol–water partition coefficient (Wildman–Crippen LogP) is 2.26. The number of aryl methyl sites for hydroxylation is 1. The first-order chi connectivity index (χ1) is 15.9. The van der Waals surface area contributed by atoms with Gasteiger partial charge in [-0.15, -0.1) is 0 Å². The Hall–Kier alpha value is -3.02. The minimum atomic E-state index is -3.67. The Balaban J connectivity index is 0.000000588. The van der Waals surface area contributed by atoms with Gasteiger partial charge in [-0.05, 0) is 46.0 Å². The number of nitrogens with two attached hydrogens (primary N) is 1. The monoisotopic (exact) mass is 490 g/mol. The van der Waals surface area contributed by atoms with Crippen molar-refractivity contribution in [3.05, 3.63) is 35.0 Å². The highest BCUT2D eigenvalue weighted by Gasteiger charge is 2.26. The second kappa shape index (κ2) is 10.5. The third-order valence-corrected chi connectivity index (χ3v) is 5.14. The summed E-state index contributed by atoms with van der Waals surface area (Å²) in [5.74, 6) is 0.701. The van der Waals surface area contributed by atoms with Crippen molar-refractivity contribution >= 4 is 27.9 Å². The van der Waals surface area contributed by atoms with Gasteiger partial charge in [-0.25, -0.2) is 4.98 Å². The predicted molar refractivity (Wildman–Crippen MR) is 130 cm³/mol. The summed E-state index contributed by atoms with van der Waals surface area (Å²) in [5, 5.41) is 0. The van der Waals surface area contributed by atoms with Crippen molar-refractivity contribution in [1.29, 1.82) is 0 Å². The van der Waals surface area contributed by atoms with E-state index in [9.17, 15) is 13.2 Å². The Morgan fingerprint density at radius 3 is 2.71 bits per heavy atom. The van der Waals surface area contributed by atoms with Crippen LogP contribution >= 0.6 is 0 Å². The summed E-state index contributed by atoms with van der Waals surface area (Å²) in [7, 11) is 0.301. The lowest BCUT2D eigenvalue weighted by molar-refractivity contribution is 0.0991. The van der Waals surface area contributed by atoms with Crippen molar-refractivity contribution in [1.82, 2.24) is 9.88 Å². The lowest BCUT2D eigenvalue weighted by Crippen LogP contribution is -2.29. The first kappa shape index (κ1) is 25.6. The molecule has 10 nitrogen and oxygen atoms in total. The Kier molecular flexibility index (Phi) is 7.90. The molecule has 0 fully saturated rings. The van der Waals surface area contributed by atoms with Crippen LogP contribution in [0.5, 0.6) is 11.6 Å². The zero-order chi connectivity index (χ0) is 25.0. The molecule has 0 spiro atoms. The highest BCUT2D eigenvalue weighted by Crippen LogP contribution is 2.43. The van der Waals surface area contributed by atoms with Crippen molar-refractivity contribution < 1.29 is 27.2 Å². The van der Waals surface area contributed by atoms with Gasteiger partial charge in [-0.3, -0.25) is 14.3 Å². The molecule has 0 radical (unpaired) electrons. The van der Waals surface area contributed by atoms with Crippen LogP contribution in [-0.2, 0) is 23.0 Å². The fourth-order valence-electron chi connectivity index (χ4n) is 4.01. The molecule has 1 atom stereocenters. The molecule has 184 valence electrons. The number of aromatic nitrogens is 1. The Labute approximate surface area is 199 Å². The van der Waals surface area contributed by atoms with Crippen LogP contribution in [0, 0.1) is 0 Å². The molecular formula is C23H30N4O6S. The maximum absolute atomic E-state index is 12.3. The van der Waals surface area contributed by atoms with Crippen molar-refractivity contribution in [2.24, 2.45) is 10.7 Å². The highest BCUT2D eigenvalue weighted by atomic mass is 32.2. The number of hydrogen-bond donors (Lipinski definition) is 2. The molecule has 34 heavy (non-hydrogen) atoms. The smallest absolute Gasteiger partial charge is 0.261 e. The first-order valence-corrected chi connectivity index (χ1v) is 12.7. The molecule has 1 unspecified atom stereocenters. The molecule has 1 aromatic carbocycles. The van der Waals surface area contributed by atoms with Crippen molar-refractivity contribution in [3.8, 4) is 22.8 Å². The van der Waals surface area contributed by atoms with E-state index in [4.69, 9.17) is 19.8 Å². The number of benzene rings is 1. The number of pyridine rings is 1. The van der Waals surface area contributed by atoms with Crippen LogP contribution < -0.4 is 15.2 Å². The molecule has 1 amide bonds. The molecule has 0 saturated carbocycles. The zero-order valence-corrected chi connectivity index (χ0v) is 20.6. The number of fused-ring (bicyclic) bond motifs is 2. The van der Waals surface area contributed by atoms with E-state index >= 15 is 0 Å². The molecule has 2 aliphatic heterocycles. The van der Waals surface area contributed by atoms with Gasteiger partial charge in [-0.1, -0.05) is 0 Å². The SMILES string of the molecule is CC(CN(C)C)Oc1cc(-c2cnc3c(c2)CCCO3)c2c(c1C(N)=O)CC=N2.CS(=O)(=O)O. The number of rotatable bonds is 6.